The summed E-state index contributed by atoms with van der Waals surface area (Å²) in [5.41, 5.74) is 2.28. The second kappa shape index (κ2) is 7.79. The summed E-state index contributed by atoms with van der Waals surface area (Å²) in [7, 11) is 0. The van der Waals surface area contributed by atoms with E-state index in [1.807, 2.05) is 37.3 Å². The second-order valence-corrected chi connectivity index (χ2v) is 5.65. The van der Waals surface area contributed by atoms with Crippen LogP contribution in [0.2, 0.25) is 5.02 Å². The van der Waals surface area contributed by atoms with Crippen molar-refractivity contribution in [2.24, 2.45) is 0 Å². The highest BCUT2D eigenvalue weighted by Gasteiger charge is 2.14. The van der Waals surface area contributed by atoms with E-state index in [2.05, 4.69) is 5.32 Å². The van der Waals surface area contributed by atoms with E-state index < -0.39 is 0 Å². The van der Waals surface area contributed by atoms with Gasteiger partial charge in [-0.15, -0.1) is 0 Å². The van der Waals surface area contributed by atoms with Crippen molar-refractivity contribution in [1.29, 1.82) is 0 Å². The first kappa shape index (κ1) is 17.0. The monoisotopic (exact) mass is 330 g/mol. The molecule has 0 saturated carbocycles. The minimum atomic E-state index is -0.156. The summed E-state index contributed by atoms with van der Waals surface area (Å²) in [4.78, 5) is 25.5. The molecule has 2 amide bonds. The summed E-state index contributed by atoms with van der Waals surface area (Å²) in [6.45, 7) is 4.12. The smallest absolute Gasteiger partial charge is 0.251 e. The maximum atomic E-state index is 12.1. The number of aryl methyl sites for hydroxylation is 1. The molecule has 2 aromatic carbocycles. The average molecular weight is 331 g/mol. The number of anilines is 1. The Labute approximate surface area is 141 Å². The number of rotatable bonds is 5. The number of benzene rings is 2. The third-order valence-electron chi connectivity index (χ3n) is 3.42. The van der Waals surface area contributed by atoms with E-state index in [4.69, 9.17) is 11.6 Å². The molecule has 23 heavy (non-hydrogen) atoms. The van der Waals surface area contributed by atoms with Crippen LogP contribution in [-0.4, -0.2) is 24.9 Å². The molecular formula is C18H19ClN2O2. The quantitative estimate of drug-likeness (QED) is 0.913. The largest absolute Gasteiger partial charge is 0.350 e. The molecule has 0 aliphatic heterocycles. The molecule has 0 unspecified atom stereocenters. The number of hydrogen-bond acceptors (Lipinski definition) is 2. The van der Waals surface area contributed by atoms with Gasteiger partial charge in [0.1, 0.15) is 0 Å². The zero-order valence-corrected chi connectivity index (χ0v) is 13.9. The van der Waals surface area contributed by atoms with Crippen molar-refractivity contribution < 1.29 is 9.59 Å². The van der Waals surface area contributed by atoms with Crippen molar-refractivity contribution in [3.05, 3.63) is 64.7 Å². The summed E-state index contributed by atoms with van der Waals surface area (Å²) in [6, 6.07) is 14.5. The summed E-state index contributed by atoms with van der Waals surface area (Å²) < 4.78 is 0. The second-order valence-electron chi connectivity index (χ2n) is 5.25. The molecule has 0 bridgehead atoms. The zero-order chi connectivity index (χ0) is 16.8. The van der Waals surface area contributed by atoms with Gasteiger partial charge in [0.2, 0.25) is 5.91 Å². The number of carbonyl (C=O) groups excluding carboxylic acids is 2. The highest BCUT2D eigenvalue weighted by molar-refractivity contribution is 6.33. The molecule has 0 spiro atoms. The van der Waals surface area contributed by atoms with Gasteiger partial charge in [0, 0.05) is 25.6 Å². The van der Waals surface area contributed by atoms with Gasteiger partial charge in [-0.2, -0.15) is 0 Å². The number of halogens is 1. The van der Waals surface area contributed by atoms with Crippen LogP contribution in [0.5, 0.6) is 0 Å². The molecule has 0 fully saturated rings. The number of para-hydroxylation sites is 1. The van der Waals surface area contributed by atoms with Crippen molar-refractivity contribution in [2.75, 3.05) is 18.0 Å². The van der Waals surface area contributed by atoms with Gasteiger partial charge in [0.25, 0.3) is 5.91 Å². The van der Waals surface area contributed by atoms with Gasteiger partial charge in [-0.25, -0.2) is 0 Å². The molecule has 0 heterocycles. The molecule has 4 nitrogen and oxygen atoms in total. The summed E-state index contributed by atoms with van der Waals surface area (Å²) >= 11 is 6.14. The van der Waals surface area contributed by atoms with Crippen molar-refractivity contribution >= 4 is 29.1 Å². The maximum Gasteiger partial charge on any atom is 0.251 e. The molecule has 1 N–H and O–H groups in total. The standard InChI is InChI=1S/C18H19ClN2O2/c1-13-6-5-7-15(12-13)18(23)20-10-11-21(14(2)22)17-9-4-3-8-16(17)19/h3-9,12H,10-11H2,1-2H3,(H,20,23). The van der Waals surface area contributed by atoms with Crippen LogP contribution in [0.3, 0.4) is 0 Å². The Hall–Kier alpha value is -2.33. The van der Waals surface area contributed by atoms with E-state index in [-0.39, 0.29) is 11.8 Å². The first-order valence-electron chi connectivity index (χ1n) is 7.36. The SMILES string of the molecule is CC(=O)N(CCNC(=O)c1cccc(C)c1)c1ccccc1Cl. The third kappa shape index (κ3) is 4.57. The summed E-state index contributed by atoms with van der Waals surface area (Å²) in [5.74, 6) is -0.278. The Kier molecular flexibility index (Phi) is 5.77. The van der Waals surface area contributed by atoms with Crippen LogP contribution in [0.15, 0.2) is 48.5 Å². The molecule has 0 atom stereocenters. The molecule has 0 aromatic heterocycles. The molecule has 2 aromatic rings. The molecule has 2 rings (SSSR count). The van der Waals surface area contributed by atoms with Gasteiger partial charge < -0.3 is 10.2 Å². The fourth-order valence-corrected chi connectivity index (χ4v) is 2.53. The lowest BCUT2D eigenvalue weighted by molar-refractivity contribution is -0.116. The fourth-order valence-electron chi connectivity index (χ4n) is 2.29. The maximum absolute atomic E-state index is 12.1. The van der Waals surface area contributed by atoms with E-state index in [1.165, 1.54) is 6.92 Å². The average Bonchev–Trinajstić information content (AvgIpc) is 2.52. The number of nitrogens with zero attached hydrogens (tertiary/aromatic N) is 1. The Morgan fingerprint density at radius 3 is 2.52 bits per heavy atom. The van der Waals surface area contributed by atoms with Gasteiger partial charge in [-0.1, -0.05) is 41.4 Å². The van der Waals surface area contributed by atoms with Gasteiger partial charge in [-0.3, -0.25) is 9.59 Å². The van der Waals surface area contributed by atoms with Crippen LogP contribution >= 0.6 is 11.6 Å². The van der Waals surface area contributed by atoms with Crippen LogP contribution in [0.4, 0.5) is 5.69 Å². The minimum absolute atomic E-state index is 0.122. The van der Waals surface area contributed by atoms with Crippen LogP contribution in [0, 0.1) is 6.92 Å². The lowest BCUT2D eigenvalue weighted by Gasteiger charge is -2.22. The molecule has 120 valence electrons. The van der Waals surface area contributed by atoms with Gasteiger partial charge in [0.15, 0.2) is 0 Å². The van der Waals surface area contributed by atoms with Crippen molar-refractivity contribution in [1.82, 2.24) is 5.32 Å². The summed E-state index contributed by atoms with van der Waals surface area (Å²) in [5, 5.41) is 3.33. The lowest BCUT2D eigenvalue weighted by Crippen LogP contribution is -2.37. The normalized spacial score (nSPS) is 10.2. The molecular weight excluding hydrogens is 312 g/mol. The molecule has 0 radical (unpaired) electrons. The highest BCUT2D eigenvalue weighted by atomic mass is 35.5. The number of carbonyl (C=O) groups is 2. The van der Waals surface area contributed by atoms with Crippen molar-refractivity contribution in [2.45, 2.75) is 13.8 Å². The first-order chi connectivity index (χ1) is 11.0. The van der Waals surface area contributed by atoms with E-state index in [9.17, 15) is 9.59 Å². The minimum Gasteiger partial charge on any atom is -0.350 e. The van der Waals surface area contributed by atoms with E-state index in [0.29, 0.717) is 29.4 Å². The Morgan fingerprint density at radius 2 is 1.87 bits per heavy atom. The van der Waals surface area contributed by atoms with Crippen LogP contribution in [0.1, 0.15) is 22.8 Å². The Balaban J connectivity index is 1.99. The number of hydrogen-bond donors (Lipinski definition) is 1. The van der Waals surface area contributed by atoms with E-state index in [0.717, 1.165) is 5.56 Å². The predicted octanol–water partition coefficient (Wildman–Crippen LogP) is 3.43. The van der Waals surface area contributed by atoms with Crippen molar-refractivity contribution in [3.8, 4) is 0 Å². The number of nitrogens with one attached hydrogen (secondary N) is 1. The van der Waals surface area contributed by atoms with E-state index >= 15 is 0 Å². The number of amides is 2. The lowest BCUT2D eigenvalue weighted by atomic mass is 10.1. The van der Waals surface area contributed by atoms with Gasteiger partial charge in [0.05, 0.1) is 10.7 Å². The van der Waals surface area contributed by atoms with Crippen LogP contribution in [0.25, 0.3) is 0 Å². The molecule has 0 aliphatic carbocycles. The predicted molar refractivity (Wildman–Crippen MR) is 93.0 cm³/mol. The molecule has 0 aliphatic rings. The van der Waals surface area contributed by atoms with Gasteiger partial charge in [-0.05, 0) is 31.2 Å². The zero-order valence-electron chi connectivity index (χ0n) is 13.2. The topological polar surface area (TPSA) is 49.4 Å². The molecule has 0 saturated heterocycles. The summed E-state index contributed by atoms with van der Waals surface area (Å²) in [6.07, 6.45) is 0. The third-order valence-corrected chi connectivity index (χ3v) is 3.74. The van der Waals surface area contributed by atoms with E-state index in [1.54, 1.807) is 23.1 Å². The highest BCUT2D eigenvalue weighted by Crippen LogP contribution is 2.24. The Bertz CT molecular complexity index is 716. The van der Waals surface area contributed by atoms with Gasteiger partial charge >= 0.3 is 0 Å². The Morgan fingerprint density at radius 1 is 1.13 bits per heavy atom. The van der Waals surface area contributed by atoms with Crippen LogP contribution < -0.4 is 10.2 Å². The fraction of sp³-hybridized carbons (Fsp3) is 0.222. The molecule has 5 heteroatoms. The van der Waals surface area contributed by atoms with Crippen molar-refractivity contribution in [3.63, 3.8) is 0 Å². The first-order valence-corrected chi connectivity index (χ1v) is 7.74. The van der Waals surface area contributed by atoms with Crippen LogP contribution in [-0.2, 0) is 4.79 Å².